The van der Waals surface area contributed by atoms with Gasteiger partial charge in [0.05, 0.1) is 11.1 Å². The highest BCUT2D eigenvalue weighted by Gasteiger charge is 2.41. The number of anilines is 1. The van der Waals surface area contributed by atoms with Crippen LogP contribution in [0.5, 0.6) is 0 Å². The fourth-order valence-electron chi connectivity index (χ4n) is 2.66. The largest absolute Gasteiger partial charge is 0.478 e. The van der Waals surface area contributed by atoms with Crippen molar-refractivity contribution in [1.82, 2.24) is 4.98 Å². The van der Waals surface area contributed by atoms with Gasteiger partial charge in [-0.3, -0.25) is 9.78 Å². The van der Waals surface area contributed by atoms with E-state index >= 15 is 0 Å². The van der Waals surface area contributed by atoms with Crippen molar-refractivity contribution < 1.29 is 33.8 Å². The number of carbonyl (C=O) groups is 4. The number of aromatic nitrogens is 1. The maximum atomic E-state index is 12.9. The Kier molecular flexibility index (Phi) is 7.26. The van der Waals surface area contributed by atoms with Gasteiger partial charge in [0.2, 0.25) is 12.2 Å². The molecule has 0 spiro atoms. The summed E-state index contributed by atoms with van der Waals surface area (Å²) in [6, 6.07) is 18.2. The summed E-state index contributed by atoms with van der Waals surface area (Å²) in [4.78, 5) is 53.6. The fraction of sp³-hybridized carbons (Fsp3) is 0.0870. The van der Waals surface area contributed by atoms with Crippen molar-refractivity contribution in [2.24, 2.45) is 0 Å². The zero-order valence-corrected chi connectivity index (χ0v) is 16.6. The molecule has 162 valence electrons. The summed E-state index contributed by atoms with van der Waals surface area (Å²) >= 11 is 0. The smallest absolute Gasteiger partial charge is 0.349 e. The zero-order valence-electron chi connectivity index (χ0n) is 16.6. The number of carboxylic acid groups (broad SMARTS) is 1. The number of nitrogens with zero attached hydrogens (tertiary/aromatic N) is 1. The second-order valence-electron chi connectivity index (χ2n) is 6.45. The van der Waals surface area contributed by atoms with E-state index < -0.39 is 36.0 Å². The van der Waals surface area contributed by atoms with Gasteiger partial charge in [-0.15, -0.1) is 0 Å². The molecule has 2 atom stereocenters. The minimum absolute atomic E-state index is 0.0708. The molecule has 0 bridgehead atoms. The lowest BCUT2D eigenvalue weighted by atomic mass is 10.1. The number of pyridine rings is 1. The molecule has 0 aliphatic carbocycles. The highest BCUT2D eigenvalue weighted by molar-refractivity contribution is 6.01. The molecule has 0 saturated heterocycles. The molecule has 3 rings (SSSR count). The number of carboxylic acids is 1. The molecule has 0 saturated carbocycles. The van der Waals surface area contributed by atoms with Crippen LogP contribution in [-0.2, 0) is 19.1 Å². The topological polar surface area (TPSA) is 132 Å². The van der Waals surface area contributed by atoms with Crippen molar-refractivity contribution >= 4 is 29.5 Å². The average molecular weight is 434 g/mol. The number of amides is 1. The van der Waals surface area contributed by atoms with E-state index in [4.69, 9.17) is 9.47 Å². The van der Waals surface area contributed by atoms with Crippen LogP contribution in [0.3, 0.4) is 0 Å². The number of nitrogens with one attached hydrogen (secondary N) is 1. The molecule has 9 heteroatoms. The zero-order chi connectivity index (χ0) is 22.9. The predicted octanol–water partition coefficient (Wildman–Crippen LogP) is 2.56. The van der Waals surface area contributed by atoms with Gasteiger partial charge in [0.25, 0.3) is 5.91 Å². The molecular formula is C23H18N2O7. The molecule has 0 unspecified atom stereocenters. The molecule has 0 fully saturated rings. The van der Waals surface area contributed by atoms with Crippen molar-refractivity contribution in [3.63, 3.8) is 0 Å². The van der Waals surface area contributed by atoms with Gasteiger partial charge in [0.1, 0.15) is 0 Å². The maximum absolute atomic E-state index is 12.9. The van der Waals surface area contributed by atoms with Crippen LogP contribution in [-0.4, -0.2) is 46.1 Å². The van der Waals surface area contributed by atoms with E-state index in [1.165, 1.54) is 48.8 Å². The number of esters is 2. The number of hydrogen-bond donors (Lipinski definition) is 2. The summed E-state index contributed by atoms with van der Waals surface area (Å²) in [5, 5.41) is 12.1. The Bertz CT molecular complexity index is 1090. The first-order chi connectivity index (χ1) is 15.5. The van der Waals surface area contributed by atoms with Crippen LogP contribution >= 0.6 is 0 Å². The van der Waals surface area contributed by atoms with E-state index in [-0.39, 0.29) is 16.8 Å². The molecule has 2 N–H and O–H groups in total. The minimum Gasteiger partial charge on any atom is -0.478 e. The van der Waals surface area contributed by atoms with Crippen LogP contribution in [0.1, 0.15) is 20.7 Å². The number of benzene rings is 2. The normalized spacial score (nSPS) is 12.1. The Morgan fingerprint density at radius 3 is 1.66 bits per heavy atom. The summed E-state index contributed by atoms with van der Waals surface area (Å²) in [6.45, 7) is 0. The summed E-state index contributed by atoms with van der Waals surface area (Å²) < 4.78 is 10.3. The van der Waals surface area contributed by atoms with E-state index in [0.717, 1.165) is 0 Å². The van der Waals surface area contributed by atoms with Gasteiger partial charge in [-0.25, -0.2) is 14.4 Å². The summed E-state index contributed by atoms with van der Waals surface area (Å²) in [6.07, 6.45) is -1.26. The first kappa shape index (κ1) is 22.2. The first-order valence-electron chi connectivity index (χ1n) is 9.41. The van der Waals surface area contributed by atoms with Gasteiger partial charge in [0.15, 0.2) is 0 Å². The van der Waals surface area contributed by atoms with Crippen LogP contribution in [0, 0.1) is 0 Å². The highest BCUT2D eigenvalue weighted by Crippen LogP contribution is 2.15. The van der Waals surface area contributed by atoms with E-state index in [9.17, 15) is 24.3 Å². The van der Waals surface area contributed by atoms with Crippen molar-refractivity contribution in [3.05, 3.63) is 96.3 Å². The van der Waals surface area contributed by atoms with Crippen LogP contribution in [0.25, 0.3) is 0 Å². The van der Waals surface area contributed by atoms with E-state index in [1.54, 1.807) is 36.4 Å². The summed E-state index contributed by atoms with van der Waals surface area (Å²) in [7, 11) is 0. The number of ether oxygens (including phenoxy) is 2. The van der Waals surface area contributed by atoms with E-state index in [2.05, 4.69) is 10.3 Å². The fourth-order valence-corrected chi connectivity index (χ4v) is 2.66. The van der Waals surface area contributed by atoms with Crippen molar-refractivity contribution in [2.75, 3.05) is 5.32 Å². The van der Waals surface area contributed by atoms with Gasteiger partial charge < -0.3 is 19.9 Å². The number of rotatable bonds is 8. The summed E-state index contributed by atoms with van der Waals surface area (Å²) in [5.74, 6) is -4.60. The quantitative estimate of drug-likeness (QED) is 0.517. The highest BCUT2D eigenvalue weighted by atomic mass is 16.6. The Labute approximate surface area is 182 Å². The minimum atomic E-state index is -2.10. The molecule has 1 heterocycles. The van der Waals surface area contributed by atoms with Gasteiger partial charge in [-0.1, -0.05) is 36.4 Å². The second kappa shape index (κ2) is 10.5. The third-order valence-corrected chi connectivity index (χ3v) is 4.21. The third kappa shape index (κ3) is 5.76. The molecular weight excluding hydrogens is 416 g/mol. The molecule has 9 nitrogen and oxygen atoms in total. The Hall–Kier alpha value is -4.53. The van der Waals surface area contributed by atoms with Gasteiger partial charge in [-0.05, 0) is 36.4 Å². The SMILES string of the molecule is O=C(O[C@H](C(=O)O)[C@H](OC(=O)c1ccccc1)C(=O)Nc1ccncc1)c1ccccc1. The summed E-state index contributed by atoms with van der Waals surface area (Å²) in [5.41, 5.74) is 0.443. The Morgan fingerprint density at radius 2 is 1.19 bits per heavy atom. The van der Waals surface area contributed by atoms with Gasteiger partial charge >= 0.3 is 17.9 Å². The molecule has 0 aliphatic heterocycles. The maximum Gasteiger partial charge on any atom is 0.349 e. The van der Waals surface area contributed by atoms with Crippen molar-refractivity contribution in [3.8, 4) is 0 Å². The Morgan fingerprint density at radius 1 is 0.719 bits per heavy atom. The van der Waals surface area contributed by atoms with Crippen LogP contribution in [0.4, 0.5) is 5.69 Å². The average Bonchev–Trinajstić information content (AvgIpc) is 2.82. The van der Waals surface area contributed by atoms with Crippen LogP contribution < -0.4 is 5.32 Å². The van der Waals surface area contributed by atoms with E-state index in [0.29, 0.717) is 0 Å². The standard InChI is InChI=1S/C23H18N2O7/c26-20(25-17-11-13-24-14-12-17)18(31-22(29)15-7-3-1-4-8-15)19(21(27)28)32-23(30)16-9-5-2-6-10-16/h1-14,18-19H,(H,27,28)(H,24,25,26)/t18-,19-/m0/s1. The van der Waals surface area contributed by atoms with Crippen molar-refractivity contribution in [2.45, 2.75) is 12.2 Å². The van der Waals surface area contributed by atoms with E-state index in [1.807, 2.05) is 0 Å². The molecule has 0 aliphatic rings. The second-order valence-corrected chi connectivity index (χ2v) is 6.45. The lowest BCUT2D eigenvalue weighted by Crippen LogP contribution is -2.48. The van der Waals surface area contributed by atoms with Crippen molar-refractivity contribution in [1.29, 1.82) is 0 Å². The molecule has 0 radical (unpaired) electrons. The number of aliphatic carboxylic acids is 1. The monoisotopic (exact) mass is 434 g/mol. The predicted molar refractivity (Wildman–Crippen MR) is 112 cm³/mol. The number of carbonyl (C=O) groups excluding carboxylic acids is 3. The third-order valence-electron chi connectivity index (χ3n) is 4.21. The van der Waals surface area contributed by atoms with Gasteiger partial charge in [0, 0.05) is 18.1 Å². The lowest BCUT2D eigenvalue weighted by Gasteiger charge is -2.23. The molecule has 1 aromatic heterocycles. The Balaban J connectivity index is 1.88. The van der Waals surface area contributed by atoms with Crippen LogP contribution in [0.2, 0.25) is 0 Å². The van der Waals surface area contributed by atoms with Crippen LogP contribution in [0.15, 0.2) is 85.2 Å². The molecule has 3 aromatic rings. The molecule has 1 amide bonds. The van der Waals surface area contributed by atoms with Gasteiger partial charge in [-0.2, -0.15) is 0 Å². The number of hydrogen-bond acceptors (Lipinski definition) is 7. The molecule has 2 aromatic carbocycles. The molecule has 32 heavy (non-hydrogen) atoms. The first-order valence-corrected chi connectivity index (χ1v) is 9.41. The lowest BCUT2D eigenvalue weighted by molar-refractivity contribution is -0.157.